The highest BCUT2D eigenvalue weighted by atomic mass is 19.1. The van der Waals surface area contributed by atoms with Gasteiger partial charge < -0.3 is 21.1 Å². The second kappa shape index (κ2) is 21.0. The number of amides is 4. The van der Waals surface area contributed by atoms with Crippen LogP contribution in [0, 0.1) is 24.1 Å². The highest BCUT2D eigenvalue weighted by molar-refractivity contribution is 6.05. The van der Waals surface area contributed by atoms with Gasteiger partial charge in [-0.25, -0.2) is 18.6 Å². The van der Waals surface area contributed by atoms with Crippen molar-refractivity contribution in [3.63, 3.8) is 0 Å². The van der Waals surface area contributed by atoms with E-state index in [1.54, 1.807) is 69.3 Å². The van der Waals surface area contributed by atoms with E-state index >= 15 is 4.39 Å². The number of nitrogens with one attached hydrogen (secondary N) is 3. The van der Waals surface area contributed by atoms with Gasteiger partial charge in [0.15, 0.2) is 0 Å². The number of ether oxygens (including phenoxy) is 1. The van der Waals surface area contributed by atoms with Crippen molar-refractivity contribution in [3.8, 4) is 50.7 Å². The fourth-order valence-corrected chi connectivity index (χ4v) is 7.88. The number of halogens is 2. The molecule has 4 amide bonds. The molecule has 2 aromatic carbocycles. The van der Waals surface area contributed by atoms with Crippen molar-refractivity contribution in [1.82, 2.24) is 29.9 Å². The van der Waals surface area contributed by atoms with Gasteiger partial charge in [-0.2, -0.15) is 5.26 Å². The van der Waals surface area contributed by atoms with Crippen molar-refractivity contribution in [2.45, 2.75) is 52.1 Å². The maximum Gasteiger partial charge on any atom is 0.412 e. The fourth-order valence-electron chi connectivity index (χ4n) is 7.88. The van der Waals surface area contributed by atoms with Crippen LogP contribution in [0.3, 0.4) is 0 Å². The fraction of sp³-hybridized carbons (Fsp3) is 0.161. The molecule has 370 valence electrons. The number of hydrogen-bond donors (Lipinski definition) is 4. The van der Waals surface area contributed by atoms with Gasteiger partial charge in [0.25, 0.3) is 17.7 Å². The largest absolute Gasteiger partial charge is 0.453 e. The van der Waals surface area contributed by atoms with Crippen LogP contribution in [0.15, 0.2) is 134 Å². The number of aryl methyl sites for hydroxylation is 1. The maximum atomic E-state index is 15.8. The molecule has 0 aliphatic rings. The van der Waals surface area contributed by atoms with Crippen LogP contribution in [-0.2, 0) is 22.2 Å². The van der Waals surface area contributed by atoms with Gasteiger partial charge in [-0.15, -0.1) is 0 Å². The summed E-state index contributed by atoms with van der Waals surface area (Å²) in [5.74, 6) is -2.37. The van der Waals surface area contributed by atoms with Crippen molar-refractivity contribution < 1.29 is 32.7 Å². The summed E-state index contributed by atoms with van der Waals surface area (Å²) in [4.78, 5) is 78.4. The summed E-state index contributed by atoms with van der Waals surface area (Å²) in [5.41, 5.74) is 10.1. The molecular formula is C56H47F2N11O5. The second-order valence-corrected chi connectivity index (χ2v) is 18.2. The van der Waals surface area contributed by atoms with Gasteiger partial charge in [-0.1, -0.05) is 18.2 Å². The van der Waals surface area contributed by atoms with Crippen molar-refractivity contribution in [1.29, 1.82) is 5.26 Å². The van der Waals surface area contributed by atoms with Crippen LogP contribution in [-0.4, -0.2) is 60.8 Å². The Bertz CT molecular complexity index is 3570. The van der Waals surface area contributed by atoms with Gasteiger partial charge >= 0.3 is 6.09 Å². The number of pyridine rings is 6. The van der Waals surface area contributed by atoms with Crippen molar-refractivity contribution in [2.24, 2.45) is 5.73 Å². The molecule has 0 aliphatic carbocycles. The zero-order valence-corrected chi connectivity index (χ0v) is 40.9. The summed E-state index contributed by atoms with van der Waals surface area (Å²) in [6.45, 7) is 7.78. The van der Waals surface area contributed by atoms with Gasteiger partial charge in [0.2, 0.25) is 0 Å². The van der Waals surface area contributed by atoms with Crippen LogP contribution in [0.25, 0.3) is 44.6 Å². The lowest BCUT2D eigenvalue weighted by Gasteiger charge is -2.17. The zero-order valence-electron chi connectivity index (χ0n) is 40.9. The van der Waals surface area contributed by atoms with Crippen molar-refractivity contribution in [3.05, 3.63) is 185 Å². The summed E-state index contributed by atoms with van der Waals surface area (Å²) in [5, 5.41) is 17.9. The molecule has 0 saturated heterocycles. The number of rotatable bonds is 14. The molecule has 0 radical (unpaired) electrons. The number of hydrogen-bond acceptors (Lipinski definition) is 12. The molecule has 6 heterocycles. The zero-order chi connectivity index (χ0) is 52.9. The Hall–Kier alpha value is -9.63. The molecule has 0 bridgehead atoms. The first-order chi connectivity index (χ1) is 35.3. The molecule has 0 atom stereocenters. The number of aromatic nitrogens is 6. The number of alkyl halides is 1. The molecule has 8 rings (SSSR count). The molecule has 8 aromatic rings. The third-order valence-electron chi connectivity index (χ3n) is 11.9. The molecule has 0 saturated carbocycles. The van der Waals surface area contributed by atoms with E-state index in [1.165, 1.54) is 76.2 Å². The number of carbonyl (C=O) groups is 4. The van der Waals surface area contributed by atoms with Crippen LogP contribution in [0.1, 0.15) is 87.2 Å². The highest BCUT2D eigenvalue weighted by Gasteiger charge is 2.25. The summed E-state index contributed by atoms with van der Waals surface area (Å²) in [7, 11) is 1.23. The predicted octanol–water partition coefficient (Wildman–Crippen LogP) is 10.6. The molecule has 0 fully saturated rings. The Kier molecular flexibility index (Phi) is 14.4. The minimum atomic E-state index is -1.83. The smallest absolute Gasteiger partial charge is 0.412 e. The topological polar surface area (TPSA) is 241 Å². The van der Waals surface area contributed by atoms with E-state index in [1.807, 2.05) is 30.3 Å². The lowest BCUT2D eigenvalue weighted by molar-refractivity contribution is 0.0992. The van der Waals surface area contributed by atoms with E-state index in [2.05, 4.69) is 42.0 Å². The lowest BCUT2D eigenvalue weighted by Crippen LogP contribution is -2.18. The van der Waals surface area contributed by atoms with Crippen LogP contribution >= 0.6 is 0 Å². The Morgan fingerprint density at radius 3 is 2.07 bits per heavy atom. The summed E-state index contributed by atoms with van der Waals surface area (Å²) < 4.78 is 35.5. The number of carbonyl (C=O) groups excluding carboxylic acids is 4. The number of nitrogens with zero attached hydrogens (tertiary/aromatic N) is 7. The molecule has 0 spiro atoms. The van der Waals surface area contributed by atoms with E-state index < -0.39 is 40.7 Å². The Morgan fingerprint density at radius 1 is 0.689 bits per heavy atom. The third-order valence-corrected chi connectivity index (χ3v) is 11.9. The highest BCUT2D eigenvalue weighted by Crippen LogP contribution is 2.36. The van der Waals surface area contributed by atoms with Gasteiger partial charge in [-0.3, -0.25) is 44.6 Å². The van der Waals surface area contributed by atoms with Crippen LogP contribution in [0.2, 0.25) is 0 Å². The molecule has 74 heavy (non-hydrogen) atoms. The van der Waals surface area contributed by atoms with Gasteiger partial charge in [-0.05, 0) is 153 Å². The summed E-state index contributed by atoms with van der Waals surface area (Å²) >= 11 is 0. The first-order valence-electron chi connectivity index (χ1n) is 22.9. The monoisotopic (exact) mass is 991 g/mol. The van der Waals surface area contributed by atoms with E-state index in [9.17, 15) is 28.8 Å². The first-order valence-corrected chi connectivity index (χ1v) is 22.9. The number of nitriles is 1. The number of nitrogens with two attached hydrogens (primary N) is 1. The molecule has 0 unspecified atom stereocenters. The molecule has 0 aliphatic heterocycles. The molecule has 6 aromatic heterocycles. The van der Waals surface area contributed by atoms with E-state index in [-0.39, 0.29) is 40.4 Å². The number of primary amides is 1. The van der Waals surface area contributed by atoms with Crippen LogP contribution in [0.5, 0.6) is 0 Å². The van der Waals surface area contributed by atoms with Gasteiger partial charge in [0.05, 0.1) is 58.9 Å². The normalized spacial score (nSPS) is 11.3. The van der Waals surface area contributed by atoms with E-state index in [0.29, 0.717) is 67.4 Å². The first kappa shape index (κ1) is 50.7. The summed E-state index contributed by atoms with van der Waals surface area (Å²) in [6.07, 6.45) is 6.63. The van der Waals surface area contributed by atoms with E-state index in [4.69, 9.17) is 20.4 Å². The van der Waals surface area contributed by atoms with Crippen LogP contribution in [0.4, 0.5) is 30.8 Å². The van der Waals surface area contributed by atoms with Crippen molar-refractivity contribution in [2.75, 3.05) is 23.1 Å². The Balaban J connectivity index is 1.24. The predicted molar refractivity (Wildman–Crippen MR) is 275 cm³/mol. The standard InChI is InChI=1S/C56H47F2N11O5/c1-31-18-43(57)46(68-53(72)37-13-16-63-49(24-37)56(4,5)58)28-41(31)38-20-39(66-44(22-38)35-11-17-64-50(25-35)69-54(73)74-6)27-45-42(34-9-7-8-32(19-34)33-10-14-61-47(21-33)51(60)70)26-40(29-65-45)67-52(71)36-12-15-62-48(23-36)55(2,3)30-59/h7-26,28-29H,27H2,1-6H3,(H2,60,70)(H,67,71)(H,68,72)(H,64,69,73). The summed E-state index contributed by atoms with van der Waals surface area (Å²) in [6, 6.07) is 30.3. The Labute approximate surface area is 424 Å². The molecule has 18 heteroatoms. The molecule has 5 N–H and O–H groups in total. The van der Waals surface area contributed by atoms with Crippen molar-refractivity contribution >= 4 is 41.0 Å². The lowest BCUT2D eigenvalue weighted by atomic mass is 9.90. The quantitative estimate of drug-likeness (QED) is 0.0795. The number of anilines is 3. The SMILES string of the molecule is COC(=O)Nc1cc(-c2cc(-c3cc(NC(=O)c4ccnc(C(C)(C)F)c4)c(F)cc3C)cc(Cc3ncc(NC(=O)c4ccnc(C(C)(C)C#N)c4)cc3-c3cccc(-c4ccnc(C(N)=O)c4)c3)n2)ccn1. The van der Waals surface area contributed by atoms with E-state index in [0.717, 1.165) is 5.56 Å². The van der Waals surface area contributed by atoms with Crippen LogP contribution < -0.4 is 21.7 Å². The number of benzene rings is 2. The third kappa shape index (κ3) is 11.6. The Morgan fingerprint density at radius 2 is 1.35 bits per heavy atom. The minimum absolute atomic E-state index is 0.0333. The molecule has 16 nitrogen and oxygen atoms in total. The average Bonchev–Trinajstić information content (AvgIpc) is 3.39. The minimum Gasteiger partial charge on any atom is -0.453 e. The second-order valence-electron chi connectivity index (χ2n) is 18.2. The van der Waals surface area contributed by atoms with Gasteiger partial charge in [0.1, 0.15) is 23.0 Å². The number of methoxy groups -OCH3 is 1. The van der Waals surface area contributed by atoms with Gasteiger partial charge in [0, 0.05) is 59.2 Å². The molecular weight excluding hydrogens is 945 g/mol. The maximum absolute atomic E-state index is 15.8. The average molecular weight is 992 g/mol.